The van der Waals surface area contributed by atoms with Crippen LogP contribution >= 0.6 is 0 Å². The van der Waals surface area contributed by atoms with E-state index in [4.69, 9.17) is 0 Å². The maximum atomic E-state index is 14.3. The lowest BCUT2D eigenvalue weighted by Crippen LogP contribution is -2.34. The van der Waals surface area contributed by atoms with Gasteiger partial charge >= 0.3 is 0 Å². The molecule has 0 bridgehead atoms. The van der Waals surface area contributed by atoms with Crippen LogP contribution in [0.1, 0.15) is 85.1 Å². The Morgan fingerprint density at radius 2 is 1.73 bits per heavy atom. The minimum absolute atomic E-state index is 0.154. The van der Waals surface area contributed by atoms with Crippen LogP contribution < -0.4 is 4.90 Å². The fourth-order valence-electron chi connectivity index (χ4n) is 6.34. The summed E-state index contributed by atoms with van der Waals surface area (Å²) < 4.78 is 28.6. The highest BCUT2D eigenvalue weighted by atomic mass is 32.2. The molecule has 4 heteroatoms. The Hall–Kier alpha value is -2.59. The average Bonchev–Trinajstić information content (AvgIpc) is 2.91. The number of fused-ring (bicyclic) bond motifs is 1. The Labute approximate surface area is 224 Å². The Kier molecular flexibility index (Phi) is 6.77. The summed E-state index contributed by atoms with van der Waals surface area (Å²) in [5.74, 6) is 0. The molecule has 0 aromatic heterocycles. The Bertz CT molecular complexity index is 1390. The van der Waals surface area contributed by atoms with Crippen molar-refractivity contribution in [2.45, 2.75) is 89.9 Å². The van der Waals surface area contributed by atoms with Gasteiger partial charge in [0.15, 0.2) is 0 Å². The van der Waals surface area contributed by atoms with Crippen LogP contribution in [-0.4, -0.2) is 15.0 Å². The fourth-order valence-corrected chi connectivity index (χ4v) is 8.13. The maximum Gasteiger partial charge on any atom is 0.210 e. The first-order chi connectivity index (χ1) is 17.6. The van der Waals surface area contributed by atoms with Crippen LogP contribution in [0, 0.1) is 5.41 Å². The normalized spacial score (nSPS) is 21.2. The fraction of sp³-hybridized carbons (Fsp3) is 0.455. The third-order valence-electron chi connectivity index (χ3n) is 8.88. The van der Waals surface area contributed by atoms with E-state index in [2.05, 4.69) is 88.1 Å². The van der Waals surface area contributed by atoms with Gasteiger partial charge in [0.05, 0.1) is 15.5 Å². The van der Waals surface area contributed by atoms with Gasteiger partial charge in [-0.05, 0) is 74.3 Å². The van der Waals surface area contributed by atoms with E-state index in [0.717, 1.165) is 68.4 Å². The summed E-state index contributed by atoms with van der Waals surface area (Å²) in [4.78, 5) is 3.26. The number of hydrogen-bond donors (Lipinski definition) is 0. The van der Waals surface area contributed by atoms with Crippen molar-refractivity contribution in [3.05, 3.63) is 93.6 Å². The SMILES string of the molecule is CCCN1C2=C(C=C(C(C)(C)C3=CC=CCC3)CC2)S(=O)(=O)c2cc(C(C)(C)C3=CCCC=C3)ccc21. The molecular formula is C33H41NO2S. The van der Waals surface area contributed by atoms with Crippen molar-refractivity contribution < 1.29 is 8.42 Å². The van der Waals surface area contributed by atoms with E-state index in [-0.39, 0.29) is 10.8 Å². The summed E-state index contributed by atoms with van der Waals surface area (Å²) in [6.45, 7) is 11.9. The van der Waals surface area contributed by atoms with Gasteiger partial charge in [0.25, 0.3) is 0 Å². The molecule has 37 heavy (non-hydrogen) atoms. The van der Waals surface area contributed by atoms with E-state index in [1.807, 2.05) is 12.1 Å². The molecule has 1 aromatic rings. The number of sulfone groups is 1. The second-order valence-corrected chi connectivity index (χ2v) is 13.8. The van der Waals surface area contributed by atoms with Gasteiger partial charge in [-0.1, -0.05) is 88.3 Å². The van der Waals surface area contributed by atoms with Crippen LogP contribution in [0.3, 0.4) is 0 Å². The van der Waals surface area contributed by atoms with E-state index in [1.54, 1.807) is 0 Å². The number of rotatable bonds is 6. The molecule has 0 N–H and O–H groups in total. The van der Waals surface area contributed by atoms with Crippen molar-refractivity contribution in [3.63, 3.8) is 0 Å². The quantitative estimate of drug-likeness (QED) is 0.381. The third kappa shape index (κ3) is 4.41. The standard InChI is InChI=1S/C33H41NO2S/c1-6-21-34-28-19-17-26(32(2,3)24-13-9-7-10-14-24)22-30(28)37(35,36)31-23-27(18-20-29(31)34)33(4,5)25-15-11-8-12-16-25/h7,9,11,13,15-16,18,20,22-23H,6,8,10,12,14,17,19,21H2,1-5H3. The van der Waals surface area contributed by atoms with Crippen LogP contribution in [0.5, 0.6) is 0 Å². The van der Waals surface area contributed by atoms with Crippen molar-refractivity contribution in [1.29, 1.82) is 0 Å². The highest BCUT2D eigenvalue weighted by Gasteiger charge is 2.40. The second kappa shape index (κ2) is 9.62. The molecule has 0 unspecified atom stereocenters. The Morgan fingerprint density at radius 1 is 0.919 bits per heavy atom. The van der Waals surface area contributed by atoms with Gasteiger partial charge < -0.3 is 4.90 Å². The van der Waals surface area contributed by atoms with Crippen molar-refractivity contribution in [3.8, 4) is 0 Å². The summed E-state index contributed by atoms with van der Waals surface area (Å²) in [6.07, 6.45) is 22.1. The summed E-state index contributed by atoms with van der Waals surface area (Å²) in [5.41, 5.74) is 6.31. The molecule has 0 radical (unpaired) electrons. The Morgan fingerprint density at radius 3 is 2.41 bits per heavy atom. The van der Waals surface area contributed by atoms with Crippen LogP contribution in [0.4, 0.5) is 5.69 Å². The smallest absolute Gasteiger partial charge is 0.210 e. The number of benzene rings is 1. The predicted octanol–water partition coefficient (Wildman–Crippen LogP) is 8.48. The van der Waals surface area contributed by atoms with Gasteiger partial charge in [-0.3, -0.25) is 0 Å². The molecule has 0 amide bonds. The zero-order chi connectivity index (χ0) is 26.4. The lowest BCUT2D eigenvalue weighted by molar-refractivity contribution is 0.487. The molecule has 1 aliphatic heterocycles. The summed E-state index contributed by atoms with van der Waals surface area (Å²) in [5, 5.41) is 0. The van der Waals surface area contributed by atoms with Crippen molar-refractivity contribution in [1.82, 2.24) is 0 Å². The van der Waals surface area contributed by atoms with Crippen LogP contribution in [0.2, 0.25) is 0 Å². The maximum absolute atomic E-state index is 14.3. The summed E-state index contributed by atoms with van der Waals surface area (Å²) in [6, 6.07) is 6.16. The molecular weight excluding hydrogens is 474 g/mol. The van der Waals surface area contributed by atoms with Gasteiger partial charge in [0.1, 0.15) is 0 Å². The molecule has 3 aliphatic carbocycles. The number of hydrogen-bond acceptors (Lipinski definition) is 3. The molecule has 5 rings (SSSR count). The molecule has 0 saturated carbocycles. The minimum Gasteiger partial charge on any atom is -0.343 e. The van der Waals surface area contributed by atoms with E-state index in [9.17, 15) is 8.42 Å². The topological polar surface area (TPSA) is 37.4 Å². The van der Waals surface area contributed by atoms with Gasteiger partial charge in [-0.2, -0.15) is 0 Å². The second-order valence-electron chi connectivity index (χ2n) is 11.9. The molecule has 4 aliphatic rings. The highest BCUT2D eigenvalue weighted by molar-refractivity contribution is 7.95. The summed E-state index contributed by atoms with van der Waals surface area (Å²) >= 11 is 0. The van der Waals surface area contributed by atoms with Gasteiger partial charge in [0, 0.05) is 23.1 Å². The molecule has 0 fully saturated rings. The number of nitrogens with zero attached hydrogens (tertiary/aromatic N) is 1. The lowest BCUT2D eigenvalue weighted by Gasteiger charge is -2.40. The zero-order valence-electron chi connectivity index (χ0n) is 23.1. The van der Waals surface area contributed by atoms with Crippen molar-refractivity contribution in [2.24, 2.45) is 5.41 Å². The van der Waals surface area contributed by atoms with E-state index < -0.39 is 9.84 Å². The molecule has 0 atom stereocenters. The molecule has 3 nitrogen and oxygen atoms in total. The first kappa shape index (κ1) is 26.0. The largest absolute Gasteiger partial charge is 0.343 e. The van der Waals surface area contributed by atoms with Crippen LogP contribution in [0.15, 0.2) is 92.9 Å². The predicted molar refractivity (Wildman–Crippen MR) is 155 cm³/mol. The molecule has 1 heterocycles. The van der Waals surface area contributed by atoms with Crippen molar-refractivity contribution >= 4 is 15.5 Å². The van der Waals surface area contributed by atoms with Crippen LogP contribution in [-0.2, 0) is 15.3 Å². The zero-order valence-corrected chi connectivity index (χ0v) is 23.9. The van der Waals surface area contributed by atoms with E-state index in [0.29, 0.717) is 9.80 Å². The van der Waals surface area contributed by atoms with Crippen LogP contribution in [0.25, 0.3) is 0 Å². The van der Waals surface area contributed by atoms with E-state index in [1.165, 1.54) is 16.7 Å². The number of anilines is 1. The molecule has 196 valence electrons. The first-order valence-electron chi connectivity index (χ1n) is 13.9. The monoisotopic (exact) mass is 515 g/mol. The highest BCUT2D eigenvalue weighted by Crippen LogP contribution is 2.50. The lowest BCUT2D eigenvalue weighted by atomic mass is 9.71. The third-order valence-corrected chi connectivity index (χ3v) is 10.7. The molecule has 0 spiro atoms. The minimum atomic E-state index is -3.64. The molecule has 1 aromatic carbocycles. The average molecular weight is 516 g/mol. The van der Waals surface area contributed by atoms with E-state index >= 15 is 0 Å². The Balaban J connectivity index is 1.62. The number of allylic oxidation sites excluding steroid dienone is 11. The molecule has 0 saturated heterocycles. The van der Waals surface area contributed by atoms with Gasteiger partial charge in [-0.25, -0.2) is 8.42 Å². The summed E-state index contributed by atoms with van der Waals surface area (Å²) in [7, 11) is -3.64. The van der Waals surface area contributed by atoms with Gasteiger partial charge in [-0.15, -0.1) is 0 Å². The van der Waals surface area contributed by atoms with Gasteiger partial charge in [0.2, 0.25) is 9.84 Å². The first-order valence-corrected chi connectivity index (χ1v) is 15.4. The van der Waals surface area contributed by atoms with Crippen molar-refractivity contribution in [2.75, 3.05) is 11.4 Å².